The van der Waals surface area contributed by atoms with Crippen LogP contribution in [0.4, 0.5) is 0 Å². The molecule has 0 aliphatic rings. The molecule has 94 valence electrons. The van der Waals surface area contributed by atoms with Gasteiger partial charge in [0.2, 0.25) is 0 Å². The molecule has 2 N–H and O–H groups in total. The van der Waals surface area contributed by atoms with Gasteiger partial charge in [-0.15, -0.1) is 12.6 Å². The van der Waals surface area contributed by atoms with Crippen molar-refractivity contribution in [3.05, 3.63) is 28.8 Å². The van der Waals surface area contributed by atoms with E-state index >= 15 is 0 Å². The molecule has 0 bridgehead atoms. The Bertz CT molecular complexity index is 409. The molecule has 0 aliphatic carbocycles. The summed E-state index contributed by atoms with van der Waals surface area (Å²) in [5.41, 5.74) is 0.400. The van der Waals surface area contributed by atoms with Crippen LogP contribution in [0.2, 0.25) is 5.02 Å². The van der Waals surface area contributed by atoms with E-state index in [4.69, 9.17) is 11.6 Å². The van der Waals surface area contributed by atoms with Crippen LogP contribution in [0.5, 0.6) is 0 Å². The first kappa shape index (κ1) is 14.4. The first-order chi connectivity index (χ1) is 7.90. The lowest BCUT2D eigenvalue weighted by Gasteiger charge is -2.16. The number of carbonyl (C=O) groups is 1. The molecule has 0 spiro atoms. The van der Waals surface area contributed by atoms with Crippen LogP contribution >= 0.6 is 24.2 Å². The molecule has 17 heavy (non-hydrogen) atoms. The van der Waals surface area contributed by atoms with Crippen LogP contribution in [-0.2, 0) is 0 Å². The Morgan fingerprint density at radius 1 is 1.53 bits per heavy atom. The summed E-state index contributed by atoms with van der Waals surface area (Å²) in [7, 11) is 0. The van der Waals surface area contributed by atoms with E-state index in [1.54, 1.807) is 25.1 Å². The summed E-state index contributed by atoms with van der Waals surface area (Å²) < 4.78 is 0. The van der Waals surface area contributed by atoms with Crippen molar-refractivity contribution in [2.24, 2.45) is 0 Å². The maximum Gasteiger partial charge on any atom is 0.253 e. The zero-order chi connectivity index (χ0) is 13.0. The number of hydrogen-bond donors (Lipinski definition) is 3. The number of hydrogen-bond acceptors (Lipinski definition) is 3. The molecule has 2 unspecified atom stereocenters. The molecule has 0 heterocycles. The number of aliphatic hydroxyl groups excluding tert-OH is 1. The highest BCUT2D eigenvalue weighted by Crippen LogP contribution is 2.19. The molecule has 0 aromatic heterocycles. The molecule has 0 fully saturated rings. The second-order valence-corrected chi connectivity index (χ2v) is 5.05. The highest BCUT2D eigenvalue weighted by atomic mass is 35.5. The molecule has 5 heteroatoms. The van der Waals surface area contributed by atoms with Crippen molar-refractivity contribution >= 4 is 30.1 Å². The smallest absolute Gasteiger partial charge is 0.253 e. The Kier molecular flexibility index (Phi) is 5.31. The summed E-state index contributed by atoms with van der Waals surface area (Å²) in [5, 5.41) is 12.4. The van der Waals surface area contributed by atoms with Gasteiger partial charge in [0.05, 0.1) is 16.7 Å². The Morgan fingerprint density at radius 3 is 2.76 bits per heavy atom. The Labute approximate surface area is 112 Å². The van der Waals surface area contributed by atoms with Gasteiger partial charge in [0.1, 0.15) is 0 Å². The second-order valence-electron chi connectivity index (χ2n) is 4.12. The number of nitrogens with one attached hydrogen (secondary N) is 1. The topological polar surface area (TPSA) is 49.3 Å². The molecule has 1 rings (SSSR count). The van der Waals surface area contributed by atoms with Crippen molar-refractivity contribution in [3.63, 3.8) is 0 Å². The average molecular weight is 274 g/mol. The van der Waals surface area contributed by atoms with E-state index in [0.717, 1.165) is 0 Å². The Hall–Kier alpha value is -0.710. The highest BCUT2D eigenvalue weighted by Gasteiger charge is 2.14. The number of carbonyl (C=O) groups excluding carboxylic acids is 1. The molecule has 1 aromatic carbocycles. The molecule has 0 radical (unpaired) electrons. The third-order valence-electron chi connectivity index (χ3n) is 2.27. The molecule has 2 atom stereocenters. The van der Waals surface area contributed by atoms with Crippen molar-refractivity contribution in [2.45, 2.75) is 37.3 Å². The Balaban J connectivity index is 2.73. The lowest BCUT2D eigenvalue weighted by Crippen LogP contribution is -2.34. The van der Waals surface area contributed by atoms with Crippen LogP contribution < -0.4 is 5.32 Å². The van der Waals surface area contributed by atoms with Crippen LogP contribution in [0.1, 0.15) is 30.6 Å². The minimum absolute atomic E-state index is 0.109. The minimum atomic E-state index is -0.447. The molecule has 0 aliphatic heterocycles. The maximum absolute atomic E-state index is 11.9. The van der Waals surface area contributed by atoms with Gasteiger partial charge < -0.3 is 10.4 Å². The van der Waals surface area contributed by atoms with E-state index in [2.05, 4.69) is 17.9 Å². The first-order valence-electron chi connectivity index (χ1n) is 5.37. The monoisotopic (exact) mass is 273 g/mol. The van der Waals surface area contributed by atoms with Gasteiger partial charge in [-0.1, -0.05) is 11.6 Å². The molecular weight excluding hydrogens is 258 g/mol. The van der Waals surface area contributed by atoms with Gasteiger partial charge in [-0.2, -0.15) is 0 Å². The summed E-state index contributed by atoms with van der Waals surface area (Å²) in [6.07, 6.45) is 0.0567. The summed E-state index contributed by atoms with van der Waals surface area (Å²) in [4.78, 5) is 12.6. The van der Waals surface area contributed by atoms with Gasteiger partial charge in [0.25, 0.3) is 5.91 Å². The van der Waals surface area contributed by atoms with Crippen molar-refractivity contribution in [3.8, 4) is 0 Å². The molecular formula is C12H16ClNO2S. The van der Waals surface area contributed by atoms with Crippen LogP contribution in [0.3, 0.4) is 0 Å². The van der Waals surface area contributed by atoms with Crippen molar-refractivity contribution in [1.82, 2.24) is 5.32 Å². The molecule has 1 aromatic rings. The second kappa shape index (κ2) is 6.28. The fraction of sp³-hybridized carbons (Fsp3) is 0.417. The standard InChI is InChI=1S/C12H16ClNO2S/c1-7(5-8(2)15)14-12(16)10-6-9(17)3-4-11(10)13/h3-4,6-8,15,17H,5H2,1-2H3,(H,14,16). The minimum Gasteiger partial charge on any atom is -0.393 e. The summed E-state index contributed by atoms with van der Waals surface area (Å²) >= 11 is 10.1. The predicted molar refractivity (Wildman–Crippen MR) is 71.9 cm³/mol. The van der Waals surface area contributed by atoms with E-state index in [-0.39, 0.29) is 11.9 Å². The van der Waals surface area contributed by atoms with Gasteiger partial charge in [-0.25, -0.2) is 0 Å². The molecule has 0 saturated carbocycles. The van der Waals surface area contributed by atoms with Gasteiger partial charge in [-0.05, 0) is 38.5 Å². The number of rotatable bonds is 4. The van der Waals surface area contributed by atoms with Crippen molar-refractivity contribution in [1.29, 1.82) is 0 Å². The van der Waals surface area contributed by atoms with E-state index < -0.39 is 6.10 Å². The lowest BCUT2D eigenvalue weighted by molar-refractivity contribution is 0.0923. The van der Waals surface area contributed by atoms with Crippen molar-refractivity contribution in [2.75, 3.05) is 0 Å². The number of benzene rings is 1. The zero-order valence-corrected chi connectivity index (χ0v) is 11.4. The van der Waals surface area contributed by atoms with Crippen LogP contribution in [-0.4, -0.2) is 23.2 Å². The predicted octanol–water partition coefficient (Wildman–Crippen LogP) is 2.52. The lowest BCUT2D eigenvalue weighted by atomic mass is 10.1. The SMILES string of the molecule is CC(O)CC(C)NC(=O)c1cc(S)ccc1Cl. The van der Waals surface area contributed by atoms with Gasteiger partial charge >= 0.3 is 0 Å². The molecule has 3 nitrogen and oxygen atoms in total. The normalized spacial score (nSPS) is 14.2. The third-order valence-corrected chi connectivity index (χ3v) is 2.87. The number of amides is 1. The van der Waals surface area contributed by atoms with Crippen LogP contribution in [0, 0.1) is 0 Å². The summed E-state index contributed by atoms with van der Waals surface area (Å²) in [6.45, 7) is 3.52. The van der Waals surface area contributed by atoms with E-state index in [1.807, 2.05) is 6.92 Å². The van der Waals surface area contributed by atoms with E-state index in [0.29, 0.717) is 21.9 Å². The molecule has 1 amide bonds. The number of aliphatic hydroxyl groups is 1. The van der Waals surface area contributed by atoms with Gasteiger partial charge in [0.15, 0.2) is 0 Å². The van der Waals surface area contributed by atoms with Gasteiger partial charge in [0, 0.05) is 10.9 Å². The highest BCUT2D eigenvalue weighted by molar-refractivity contribution is 7.80. The fourth-order valence-corrected chi connectivity index (χ4v) is 1.97. The number of halogens is 1. The summed E-state index contributed by atoms with van der Waals surface area (Å²) in [5.74, 6) is -0.251. The van der Waals surface area contributed by atoms with Crippen LogP contribution in [0.15, 0.2) is 23.1 Å². The van der Waals surface area contributed by atoms with Crippen molar-refractivity contribution < 1.29 is 9.90 Å². The quantitative estimate of drug-likeness (QED) is 0.739. The Morgan fingerprint density at radius 2 is 2.18 bits per heavy atom. The first-order valence-corrected chi connectivity index (χ1v) is 6.20. The largest absolute Gasteiger partial charge is 0.393 e. The number of thiol groups is 1. The summed E-state index contributed by atoms with van der Waals surface area (Å²) in [6, 6.07) is 4.87. The van der Waals surface area contributed by atoms with Crippen LogP contribution in [0.25, 0.3) is 0 Å². The van der Waals surface area contributed by atoms with E-state index in [1.165, 1.54) is 0 Å². The average Bonchev–Trinajstić information content (AvgIpc) is 2.20. The maximum atomic E-state index is 11.9. The fourth-order valence-electron chi connectivity index (χ4n) is 1.56. The van der Waals surface area contributed by atoms with E-state index in [9.17, 15) is 9.90 Å². The zero-order valence-electron chi connectivity index (χ0n) is 9.77. The van der Waals surface area contributed by atoms with Gasteiger partial charge in [-0.3, -0.25) is 4.79 Å². The third kappa shape index (κ3) is 4.58. The molecule has 0 saturated heterocycles.